The number of nitrogens with one attached hydrogen (secondary N) is 2. The standard InChI is InChI=1S/C25H26N6O/c1-16(2)31-15-27-21-23(26-14-17-6-4-3-5-7-17)29-22(30-24(21)31)18-8-10-19(11-9-18)25(32)28-20-12-13-20/h3-11,15-16,20H,12-14H2,1-2H3,(H,28,32)(H,26,29,30). The third-order valence-electron chi connectivity index (χ3n) is 5.60. The summed E-state index contributed by atoms with van der Waals surface area (Å²) in [7, 11) is 0. The van der Waals surface area contributed by atoms with Crippen LogP contribution in [0.2, 0.25) is 0 Å². The Hall–Kier alpha value is -3.74. The van der Waals surface area contributed by atoms with Gasteiger partial charge in [0.25, 0.3) is 5.91 Å². The summed E-state index contributed by atoms with van der Waals surface area (Å²) in [5, 5.41) is 6.45. The number of carbonyl (C=O) groups is 1. The van der Waals surface area contributed by atoms with E-state index in [0.29, 0.717) is 29.8 Å². The second kappa shape index (κ2) is 8.42. The molecule has 1 fully saturated rings. The molecular weight excluding hydrogens is 400 g/mol. The van der Waals surface area contributed by atoms with Gasteiger partial charge in [-0.1, -0.05) is 42.5 Å². The molecule has 2 aromatic carbocycles. The van der Waals surface area contributed by atoms with E-state index in [1.54, 1.807) is 0 Å². The average molecular weight is 427 g/mol. The molecule has 2 N–H and O–H groups in total. The number of carbonyl (C=O) groups excluding carboxylic acids is 1. The largest absolute Gasteiger partial charge is 0.364 e. The molecule has 1 amide bonds. The van der Waals surface area contributed by atoms with Crippen LogP contribution in [-0.4, -0.2) is 31.5 Å². The van der Waals surface area contributed by atoms with Crippen LogP contribution in [0.25, 0.3) is 22.6 Å². The zero-order valence-corrected chi connectivity index (χ0v) is 18.2. The van der Waals surface area contributed by atoms with Crippen molar-refractivity contribution < 1.29 is 4.79 Å². The van der Waals surface area contributed by atoms with Crippen molar-refractivity contribution in [2.45, 2.75) is 45.3 Å². The molecule has 1 aliphatic rings. The molecule has 7 nitrogen and oxygen atoms in total. The van der Waals surface area contributed by atoms with Gasteiger partial charge in [-0.15, -0.1) is 0 Å². The Labute approximate surface area is 186 Å². The van der Waals surface area contributed by atoms with Gasteiger partial charge in [-0.25, -0.2) is 15.0 Å². The van der Waals surface area contributed by atoms with E-state index in [0.717, 1.165) is 35.1 Å². The lowest BCUT2D eigenvalue weighted by atomic mass is 10.1. The van der Waals surface area contributed by atoms with E-state index < -0.39 is 0 Å². The maximum absolute atomic E-state index is 12.3. The number of hydrogen-bond acceptors (Lipinski definition) is 5. The van der Waals surface area contributed by atoms with Gasteiger partial charge in [-0.3, -0.25) is 4.79 Å². The van der Waals surface area contributed by atoms with E-state index in [1.165, 1.54) is 0 Å². The quantitative estimate of drug-likeness (QED) is 0.452. The minimum absolute atomic E-state index is 0.0291. The van der Waals surface area contributed by atoms with Crippen LogP contribution in [0.5, 0.6) is 0 Å². The van der Waals surface area contributed by atoms with E-state index >= 15 is 0 Å². The molecule has 0 aliphatic heterocycles. The number of rotatable bonds is 7. The van der Waals surface area contributed by atoms with E-state index in [-0.39, 0.29) is 11.9 Å². The number of benzene rings is 2. The summed E-state index contributed by atoms with van der Waals surface area (Å²) in [5.74, 6) is 1.27. The van der Waals surface area contributed by atoms with Crippen molar-refractivity contribution in [2.24, 2.45) is 0 Å². The van der Waals surface area contributed by atoms with Crippen molar-refractivity contribution in [2.75, 3.05) is 5.32 Å². The number of anilines is 1. The third-order valence-corrected chi connectivity index (χ3v) is 5.60. The highest BCUT2D eigenvalue weighted by Crippen LogP contribution is 2.27. The van der Waals surface area contributed by atoms with Crippen LogP contribution < -0.4 is 10.6 Å². The molecule has 32 heavy (non-hydrogen) atoms. The Morgan fingerprint density at radius 2 is 1.81 bits per heavy atom. The fourth-order valence-electron chi connectivity index (χ4n) is 3.60. The van der Waals surface area contributed by atoms with Gasteiger partial charge >= 0.3 is 0 Å². The van der Waals surface area contributed by atoms with Crippen LogP contribution in [0, 0.1) is 0 Å². The van der Waals surface area contributed by atoms with Crippen molar-refractivity contribution in [3.8, 4) is 11.4 Å². The number of aromatic nitrogens is 4. The molecule has 0 bridgehead atoms. The van der Waals surface area contributed by atoms with E-state index in [1.807, 2.05) is 53.4 Å². The fraction of sp³-hybridized carbons (Fsp3) is 0.280. The lowest BCUT2D eigenvalue weighted by Gasteiger charge is -2.12. The van der Waals surface area contributed by atoms with Gasteiger partial charge in [0.1, 0.15) is 5.52 Å². The van der Waals surface area contributed by atoms with E-state index in [9.17, 15) is 4.79 Å². The fourth-order valence-corrected chi connectivity index (χ4v) is 3.60. The van der Waals surface area contributed by atoms with Gasteiger partial charge in [0, 0.05) is 29.8 Å². The van der Waals surface area contributed by atoms with E-state index in [2.05, 4.69) is 41.6 Å². The lowest BCUT2D eigenvalue weighted by molar-refractivity contribution is 0.0951. The highest BCUT2D eigenvalue weighted by Gasteiger charge is 2.24. The summed E-state index contributed by atoms with van der Waals surface area (Å²) in [6.45, 7) is 4.85. The first-order valence-corrected chi connectivity index (χ1v) is 11.0. The van der Waals surface area contributed by atoms with Gasteiger partial charge in [-0.2, -0.15) is 0 Å². The lowest BCUT2D eigenvalue weighted by Crippen LogP contribution is -2.25. The molecule has 0 atom stereocenters. The number of fused-ring (bicyclic) bond motifs is 1. The summed E-state index contributed by atoms with van der Waals surface area (Å²) >= 11 is 0. The van der Waals surface area contributed by atoms with Crippen LogP contribution in [0.3, 0.4) is 0 Å². The highest BCUT2D eigenvalue weighted by molar-refractivity contribution is 5.95. The van der Waals surface area contributed by atoms with Crippen molar-refractivity contribution in [1.29, 1.82) is 0 Å². The Bertz CT molecular complexity index is 1240. The Balaban J connectivity index is 1.49. The summed E-state index contributed by atoms with van der Waals surface area (Å²) in [6, 6.07) is 18.2. The summed E-state index contributed by atoms with van der Waals surface area (Å²) in [6.07, 6.45) is 3.95. The van der Waals surface area contributed by atoms with Crippen molar-refractivity contribution >= 4 is 22.9 Å². The second-order valence-corrected chi connectivity index (χ2v) is 8.48. The zero-order valence-electron chi connectivity index (χ0n) is 18.2. The Morgan fingerprint density at radius 1 is 1.06 bits per heavy atom. The predicted octanol–water partition coefficient (Wildman–Crippen LogP) is 4.58. The summed E-state index contributed by atoms with van der Waals surface area (Å²) in [4.78, 5) is 26.5. The van der Waals surface area contributed by atoms with Crippen LogP contribution in [0.1, 0.15) is 48.7 Å². The Kier molecular flexibility index (Phi) is 5.31. The molecule has 0 unspecified atom stereocenters. The first-order valence-electron chi connectivity index (χ1n) is 11.0. The van der Waals surface area contributed by atoms with Crippen molar-refractivity contribution in [1.82, 2.24) is 24.8 Å². The van der Waals surface area contributed by atoms with Gasteiger partial charge in [0.15, 0.2) is 17.3 Å². The third kappa shape index (κ3) is 4.19. The normalized spacial score (nSPS) is 13.5. The molecule has 2 aromatic heterocycles. The molecule has 7 heteroatoms. The summed E-state index contributed by atoms with van der Waals surface area (Å²) in [5.41, 5.74) is 4.20. The number of hydrogen-bond donors (Lipinski definition) is 2. The van der Waals surface area contributed by atoms with Gasteiger partial charge in [-0.05, 0) is 44.4 Å². The molecule has 0 radical (unpaired) electrons. The smallest absolute Gasteiger partial charge is 0.251 e. The monoisotopic (exact) mass is 426 g/mol. The maximum Gasteiger partial charge on any atom is 0.251 e. The molecule has 1 aliphatic carbocycles. The number of nitrogens with zero attached hydrogens (tertiary/aromatic N) is 4. The van der Waals surface area contributed by atoms with Crippen LogP contribution in [0.15, 0.2) is 60.9 Å². The predicted molar refractivity (Wildman–Crippen MR) is 125 cm³/mol. The Morgan fingerprint density at radius 3 is 2.50 bits per heavy atom. The minimum Gasteiger partial charge on any atom is -0.364 e. The van der Waals surface area contributed by atoms with Gasteiger partial charge in [0.2, 0.25) is 0 Å². The molecule has 4 aromatic rings. The molecule has 0 saturated heterocycles. The SMILES string of the molecule is CC(C)n1cnc2c(NCc3ccccc3)nc(-c3ccc(C(=O)NC4CC4)cc3)nc21. The highest BCUT2D eigenvalue weighted by atomic mass is 16.1. The average Bonchev–Trinajstić information content (AvgIpc) is 3.52. The molecule has 162 valence electrons. The molecule has 1 saturated carbocycles. The summed E-state index contributed by atoms with van der Waals surface area (Å²) < 4.78 is 2.05. The van der Waals surface area contributed by atoms with Crippen molar-refractivity contribution in [3.63, 3.8) is 0 Å². The van der Waals surface area contributed by atoms with Crippen molar-refractivity contribution in [3.05, 3.63) is 72.1 Å². The zero-order chi connectivity index (χ0) is 22.1. The first kappa shape index (κ1) is 20.2. The molecular formula is C25H26N6O. The molecule has 0 spiro atoms. The van der Waals surface area contributed by atoms with Gasteiger partial charge in [0.05, 0.1) is 6.33 Å². The number of imidazole rings is 1. The second-order valence-electron chi connectivity index (χ2n) is 8.48. The van der Waals surface area contributed by atoms with E-state index in [4.69, 9.17) is 9.97 Å². The van der Waals surface area contributed by atoms with Crippen LogP contribution in [-0.2, 0) is 6.54 Å². The molecule has 2 heterocycles. The maximum atomic E-state index is 12.3. The number of amides is 1. The molecule has 5 rings (SSSR count). The van der Waals surface area contributed by atoms with Crippen LogP contribution in [0.4, 0.5) is 5.82 Å². The van der Waals surface area contributed by atoms with Crippen LogP contribution >= 0.6 is 0 Å². The van der Waals surface area contributed by atoms with Gasteiger partial charge < -0.3 is 15.2 Å². The first-order chi connectivity index (χ1) is 15.6. The topological polar surface area (TPSA) is 84.7 Å². The minimum atomic E-state index is -0.0291.